The predicted octanol–water partition coefficient (Wildman–Crippen LogP) is 0.859. The van der Waals surface area contributed by atoms with Gasteiger partial charge in [0.2, 0.25) is 0 Å². The highest BCUT2D eigenvalue weighted by Crippen LogP contribution is 2.23. The summed E-state index contributed by atoms with van der Waals surface area (Å²) in [6, 6.07) is 0. The molecule has 1 fully saturated rings. The zero-order valence-electron chi connectivity index (χ0n) is 10.2. The van der Waals surface area contributed by atoms with E-state index in [0.717, 1.165) is 5.06 Å². The second kappa shape index (κ2) is 4.99. The first kappa shape index (κ1) is 13.2. The van der Waals surface area contributed by atoms with E-state index in [1.54, 1.807) is 20.8 Å². The first-order valence-corrected chi connectivity index (χ1v) is 5.29. The number of methoxy groups -OCH3 is 1. The fourth-order valence-electron chi connectivity index (χ4n) is 1.39. The normalized spacial score (nSPS) is 25.9. The Morgan fingerprint density at radius 3 is 2.62 bits per heavy atom. The van der Waals surface area contributed by atoms with E-state index < -0.39 is 17.9 Å². The van der Waals surface area contributed by atoms with Crippen LogP contribution < -0.4 is 5.73 Å². The maximum atomic E-state index is 11.7. The van der Waals surface area contributed by atoms with Gasteiger partial charge in [0.05, 0.1) is 0 Å². The molecule has 1 saturated heterocycles. The second-order valence-electron chi connectivity index (χ2n) is 4.70. The Morgan fingerprint density at radius 1 is 1.56 bits per heavy atom. The van der Waals surface area contributed by atoms with Crippen LogP contribution in [0.4, 0.5) is 4.79 Å². The van der Waals surface area contributed by atoms with Crippen molar-refractivity contribution in [2.75, 3.05) is 13.7 Å². The lowest BCUT2D eigenvalue weighted by Gasteiger charge is -2.26. The molecule has 1 aliphatic rings. The molecule has 1 rings (SSSR count). The van der Waals surface area contributed by atoms with E-state index in [-0.39, 0.29) is 6.10 Å². The van der Waals surface area contributed by atoms with Crippen LogP contribution in [0.2, 0.25) is 0 Å². The standard InChI is InChI=1S/C10H20N2O4/c1-10(2,3)15-9(13)12-8(14-4)5-7(6-11)16-12/h7-8H,5-6,11H2,1-4H3. The fourth-order valence-corrected chi connectivity index (χ4v) is 1.39. The van der Waals surface area contributed by atoms with Crippen molar-refractivity contribution in [2.45, 2.75) is 45.1 Å². The van der Waals surface area contributed by atoms with E-state index in [9.17, 15) is 4.79 Å². The van der Waals surface area contributed by atoms with E-state index >= 15 is 0 Å². The monoisotopic (exact) mass is 232 g/mol. The van der Waals surface area contributed by atoms with Gasteiger partial charge in [0, 0.05) is 20.1 Å². The molecule has 0 spiro atoms. The van der Waals surface area contributed by atoms with Crippen LogP contribution in [0.5, 0.6) is 0 Å². The SMILES string of the molecule is COC1CC(CN)ON1C(=O)OC(C)(C)C. The van der Waals surface area contributed by atoms with Crippen molar-refractivity contribution in [2.24, 2.45) is 5.73 Å². The summed E-state index contributed by atoms with van der Waals surface area (Å²) in [6.07, 6.45) is -0.608. The van der Waals surface area contributed by atoms with E-state index in [1.165, 1.54) is 7.11 Å². The average Bonchev–Trinajstić information content (AvgIpc) is 2.58. The Hall–Kier alpha value is -0.850. The zero-order chi connectivity index (χ0) is 12.3. The quantitative estimate of drug-likeness (QED) is 0.764. The number of amides is 1. The third kappa shape index (κ3) is 3.33. The minimum absolute atomic E-state index is 0.197. The van der Waals surface area contributed by atoms with E-state index in [0.29, 0.717) is 13.0 Å². The number of nitrogens with zero attached hydrogens (tertiary/aromatic N) is 1. The van der Waals surface area contributed by atoms with Crippen molar-refractivity contribution in [3.05, 3.63) is 0 Å². The molecular formula is C10H20N2O4. The molecule has 6 heteroatoms. The summed E-state index contributed by atoms with van der Waals surface area (Å²) in [5.41, 5.74) is 4.92. The first-order valence-electron chi connectivity index (χ1n) is 5.29. The summed E-state index contributed by atoms with van der Waals surface area (Å²) in [7, 11) is 1.52. The van der Waals surface area contributed by atoms with Crippen LogP contribution in [0.1, 0.15) is 27.2 Å². The highest BCUT2D eigenvalue weighted by atomic mass is 16.8. The molecule has 1 amide bonds. The summed E-state index contributed by atoms with van der Waals surface area (Å²) in [4.78, 5) is 17.1. The topological polar surface area (TPSA) is 74.0 Å². The van der Waals surface area contributed by atoms with Crippen molar-refractivity contribution in [1.82, 2.24) is 5.06 Å². The van der Waals surface area contributed by atoms with Gasteiger partial charge < -0.3 is 15.2 Å². The third-order valence-electron chi connectivity index (χ3n) is 2.10. The van der Waals surface area contributed by atoms with Crippen LogP contribution >= 0.6 is 0 Å². The molecule has 0 aromatic heterocycles. The van der Waals surface area contributed by atoms with Gasteiger partial charge in [-0.1, -0.05) is 0 Å². The Labute approximate surface area is 95.6 Å². The van der Waals surface area contributed by atoms with Gasteiger partial charge >= 0.3 is 6.09 Å². The van der Waals surface area contributed by atoms with Gasteiger partial charge in [-0.15, -0.1) is 0 Å². The molecule has 16 heavy (non-hydrogen) atoms. The van der Waals surface area contributed by atoms with Crippen LogP contribution in [0.15, 0.2) is 0 Å². The van der Waals surface area contributed by atoms with Gasteiger partial charge in [-0.25, -0.2) is 4.79 Å². The minimum Gasteiger partial charge on any atom is -0.442 e. The Balaban J connectivity index is 2.61. The number of rotatable bonds is 2. The molecule has 0 aromatic rings. The Bertz CT molecular complexity index is 252. The minimum atomic E-state index is -0.556. The predicted molar refractivity (Wildman–Crippen MR) is 57.4 cm³/mol. The van der Waals surface area contributed by atoms with Gasteiger partial charge in [-0.3, -0.25) is 4.84 Å². The lowest BCUT2D eigenvalue weighted by molar-refractivity contribution is -0.187. The summed E-state index contributed by atoms with van der Waals surface area (Å²) >= 11 is 0. The molecule has 0 saturated carbocycles. The number of carbonyl (C=O) groups excluding carboxylic acids is 1. The molecule has 2 atom stereocenters. The molecule has 0 aliphatic carbocycles. The van der Waals surface area contributed by atoms with Gasteiger partial charge in [0.1, 0.15) is 11.7 Å². The van der Waals surface area contributed by atoms with Crippen molar-refractivity contribution < 1.29 is 19.1 Å². The molecule has 2 N–H and O–H groups in total. The second-order valence-corrected chi connectivity index (χ2v) is 4.70. The van der Waals surface area contributed by atoms with E-state index in [1.807, 2.05) is 0 Å². The number of ether oxygens (including phenoxy) is 2. The summed E-state index contributed by atoms with van der Waals surface area (Å²) in [5.74, 6) is 0. The molecule has 1 heterocycles. The fraction of sp³-hybridized carbons (Fsp3) is 0.900. The first-order chi connectivity index (χ1) is 7.37. The zero-order valence-corrected chi connectivity index (χ0v) is 10.2. The van der Waals surface area contributed by atoms with Crippen molar-refractivity contribution in [3.8, 4) is 0 Å². The maximum absolute atomic E-state index is 11.7. The van der Waals surface area contributed by atoms with Crippen molar-refractivity contribution >= 4 is 6.09 Å². The van der Waals surface area contributed by atoms with Crippen LogP contribution in [-0.2, 0) is 14.3 Å². The largest absolute Gasteiger partial charge is 0.442 e. The number of nitrogens with two attached hydrogens (primary N) is 1. The maximum Gasteiger partial charge on any atom is 0.437 e. The number of hydrogen-bond acceptors (Lipinski definition) is 5. The summed E-state index contributed by atoms with van der Waals surface area (Å²) < 4.78 is 10.3. The van der Waals surface area contributed by atoms with Crippen LogP contribution in [0, 0.1) is 0 Å². The smallest absolute Gasteiger partial charge is 0.437 e. The van der Waals surface area contributed by atoms with Gasteiger partial charge in [-0.05, 0) is 20.8 Å². The molecule has 1 aliphatic heterocycles. The summed E-state index contributed by atoms with van der Waals surface area (Å²) in [6.45, 7) is 5.73. The molecule has 0 bridgehead atoms. The number of hydroxylamine groups is 2. The Kier molecular flexibility index (Phi) is 4.12. The highest BCUT2D eigenvalue weighted by molar-refractivity contribution is 5.67. The Morgan fingerprint density at radius 2 is 2.19 bits per heavy atom. The summed E-state index contributed by atoms with van der Waals surface area (Å²) in [5, 5.41) is 1.11. The van der Waals surface area contributed by atoms with Gasteiger partial charge in [0.15, 0.2) is 6.23 Å². The molecule has 6 nitrogen and oxygen atoms in total. The van der Waals surface area contributed by atoms with E-state index in [2.05, 4.69) is 0 Å². The van der Waals surface area contributed by atoms with Crippen molar-refractivity contribution in [3.63, 3.8) is 0 Å². The van der Waals surface area contributed by atoms with Crippen LogP contribution in [0.25, 0.3) is 0 Å². The lowest BCUT2D eigenvalue weighted by Crippen LogP contribution is -2.40. The number of hydrogen-bond donors (Lipinski definition) is 1. The molecule has 0 radical (unpaired) electrons. The van der Waals surface area contributed by atoms with Gasteiger partial charge in [-0.2, -0.15) is 5.06 Å². The molecule has 0 aromatic carbocycles. The average molecular weight is 232 g/mol. The molecule has 94 valence electrons. The molecular weight excluding hydrogens is 212 g/mol. The lowest BCUT2D eigenvalue weighted by atomic mass is 10.2. The number of carbonyl (C=O) groups is 1. The van der Waals surface area contributed by atoms with Gasteiger partial charge in [0.25, 0.3) is 0 Å². The van der Waals surface area contributed by atoms with Crippen LogP contribution in [-0.4, -0.2) is 42.7 Å². The van der Waals surface area contributed by atoms with E-state index in [4.69, 9.17) is 20.0 Å². The highest BCUT2D eigenvalue weighted by Gasteiger charge is 2.38. The third-order valence-corrected chi connectivity index (χ3v) is 2.10. The van der Waals surface area contributed by atoms with Crippen LogP contribution in [0.3, 0.4) is 0 Å². The molecule has 2 unspecified atom stereocenters. The van der Waals surface area contributed by atoms with Crippen molar-refractivity contribution in [1.29, 1.82) is 0 Å².